The Morgan fingerprint density at radius 1 is 1.36 bits per heavy atom. The van der Waals surface area contributed by atoms with E-state index >= 15 is 0 Å². The van der Waals surface area contributed by atoms with E-state index in [0.29, 0.717) is 6.61 Å². The second-order valence-corrected chi connectivity index (χ2v) is 7.82. The number of benzene rings is 1. The maximum absolute atomic E-state index is 13.5. The molecular weight excluding hydrogens is 356 g/mol. The minimum atomic E-state index is -1.08. The van der Waals surface area contributed by atoms with Crippen molar-refractivity contribution in [3.63, 3.8) is 0 Å². The molecule has 6 heteroatoms. The Labute approximate surface area is 164 Å². The highest BCUT2D eigenvalue weighted by molar-refractivity contribution is 5.91. The molecule has 1 fully saturated rings. The largest absolute Gasteiger partial charge is 0.467 e. The summed E-state index contributed by atoms with van der Waals surface area (Å²) in [6, 6.07) is 8.53. The maximum Gasteiger partial charge on any atom is 0.338 e. The summed E-state index contributed by atoms with van der Waals surface area (Å²) in [5.41, 5.74) is 3.59. The number of methoxy groups -OCH3 is 2. The summed E-state index contributed by atoms with van der Waals surface area (Å²) in [5.74, 6) is -0.369. The summed E-state index contributed by atoms with van der Waals surface area (Å²) in [5, 5.41) is 4.88. The molecule has 28 heavy (non-hydrogen) atoms. The van der Waals surface area contributed by atoms with Crippen LogP contribution in [0.4, 0.5) is 0 Å². The standard InChI is InChI=1S/C22H26N2O4/c1-4-13-12-28-21(27-3)22(20(25)26-2)16(13)11-17-19-15(9-10-23-17)14-7-5-6-8-18(14)24(19)22/h4-8,16-17,21,23H,9-12H2,1-3H3/b13-4+/t16-,17-,21+,22+/m0/s1. The van der Waals surface area contributed by atoms with Crippen molar-refractivity contribution in [1.29, 1.82) is 0 Å². The fourth-order valence-corrected chi connectivity index (χ4v) is 5.72. The van der Waals surface area contributed by atoms with Gasteiger partial charge in [-0.15, -0.1) is 0 Å². The van der Waals surface area contributed by atoms with E-state index in [1.807, 2.05) is 13.0 Å². The van der Waals surface area contributed by atoms with Crippen LogP contribution in [-0.4, -0.2) is 44.2 Å². The number of hydrogen-bond acceptors (Lipinski definition) is 5. The second-order valence-electron chi connectivity index (χ2n) is 7.82. The zero-order chi connectivity index (χ0) is 19.5. The molecule has 1 aromatic carbocycles. The highest BCUT2D eigenvalue weighted by atomic mass is 16.7. The number of allylic oxidation sites excluding steroid dienone is 1. The molecule has 1 N–H and O–H groups in total. The Hall–Kier alpha value is -2.15. The molecule has 3 aliphatic rings. The van der Waals surface area contributed by atoms with E-state index in [4.69, 9.17) is 14.2 Å². The lowest BCUT2D eigenvalue weighted by atomic mass is 9.69. The van der Waals surface area contributed by atoms with Gasteiger partial charge in [0.15, 0.2) is 11.8 Å². The summed E-state index contributed by atoms with van der Waals surface area (Å²) in [6.07, 6.45) is 3.13. The first-order valence-corrected chi connectivity index (χ1v) is 9.92. The van der Waals surface area contributed by atoms with Gasteiger partial charge in [-0.3, -0.25) is 0 Å². The summed E-state index contributed by atoms with van der Waals surface area (Å²) < 4.78 is 19.5. The SMILES string of the molecule is C/C=C1\CO[C@@H](OC)[C@]2(C(=O)OC)[C@H]1C[C@@H]1NCCc3c1n2c1ccccc31. The monoisotopic (exact) mass is 382 g/mol. The van der Waals surface area contributed by atoms with Crippen molar-refractivity contribution in [3.05, 3.63) is 47.2 Å². The number of fused-ring (bicyclic) bond motifs is 5. The molecule has 0 radical (unpaired) electrons. The van der Waals surface area contributed by atoms with Gasteiger partial charge in [0.05, 0.1) is 13.7 Å². The van der Waals surface area contributed by atoms with Crippen molar-refractivity contribution in [1.82, 2.24) is 9.88 Å². The first-order valence-electron chi connectivity index (χ1n) is 9.92. The molecule has 0 unspecified atom stereocenters. The van der Waals surface area contributed by atoms with E-state index < -0.39 is 11.8 Å². The number of aromatic nitrogens is 1. The molecule has 1 aromatic heterocycles. The number of para-hydroxylation sites is 1. The number of nitrogens with zero attached hydrogens (tertiary/aromatic N) is 1. The average Bonchev–Trinajstić information content (AvgIpc) is 3.09. The topological polar surface area (TPSA) is 61.7 Å². The van der Waals surface area contributed by atoms with Gasteiger partial charge in [-0.25, -0.2) is 4.79 Å². The zero-order valence-corrected chi connectivity index (χ0v) is 16.5. The van der Waals surface area contributed by atoms with Gasteiger partial charge in [-0.05, 0) is 43.5 Å². The summed E-state index contributed by atoms with van der Waals surface area (Å²) in [6.45, 7) is 3.42. The van der Waals surface area contributed by atoms with Crippen LogP contribution in [0, 0.1) is 5.92 Å². The molecule has 4 atom stereocenters. The van der Waals surface area contributed by atoms with Crippen molar-refractivity contribution in [2.45, 2.75) is 37.6 Å². The third kappa shape index (κ3) is 2.05. The average molecular weight is 382 g/mol. The van der Waals surface area contributed by atoms with Crippen LogP contribution in [0.1, 0.15) is 30.6 Å². The van der Waals surface area contributed by atoms with E-state index in [1.165, 1.54) is 23.8 Å². The van der Waals surface area contributed by atoms with Crippen LogP contribution in [0.15, 0.2) is 35.9 Å². The lowest BCUT2D eigenvalue weighted by Crippen LogP contribution is -2.65. The highest BCUT2D eigenvalue weighted by Gasteiger charge is 2.63. The molecule has 0 bridgehead atoms. The number of hydrogen-bond donors (Lipinski definition) is 1. The fraction of sp³-hybridized carbons (Fsp3) is 0.500. The smallest absolute Gasteiger partial charge is 0.338 e. The number of ether oxygens (including phenoxy) is 3. The van der Waals surface area contributed by atoms with E-state index in [1.54, 1.807) is 7.11 Å². The number of carbonyl (C=O) groups is 1. The van der Waals surface area contributed by atoms with E-state index in [-0.39, 0.29) is 17.9 Å². The van der Waals surface area contributed by atoms with Crippen molar-refractivity contribution < 1.29 is 19.0 Å². The summed E-state index contributed by atoms with van der Waals surface area (Å²) in [4.78, 5) is 13.5. The predicted octanol–water partition coefficient (Wildman–Crippen LogP) is 2.67. The van der Waals surface area contributed by atoms with Crippen molar-refractivity contribution >= 4 is 16.9 Å². The van der Waals surface area contributed by atoms with Gasteiger partial charge in [0.25, 0.3) is 0 Å². The first-order chi connectivity index (χ1) is 13.7. The normalized spacial score (nSPS) is 32.8. The van der Waals surface area contributed by atoms with Crippen LogP contribution >= 0.6 is 0 Å². The minimum Gasteiger partial charge on any atom is -0.467 e. The van der Waals surface area contributed by atoms with Crippen LogP contribution in [0.3, 0.4) is 0 Å². The van der Waals surface area contributed by atoms with Crippen LogP contribution in [0.5, 0.6) is 0 Å². The molecule has 0 spiro atoms. The molecule has 5 rings (SSSR count). The van der Waals surface area contributed by atoms with Crippen LogP contribution in [0.25, 0.3) is 10.9 Å². The summed E-state index contributed by atoms with van der Waals surface area (Å²) >= 11 is 0. The highest BCUT2D eigenvalue weighted by Crippen LogP contribution is 2.54. The minimum absolute atomic E-state index is 0.0598. The van der Waals surface area contributed by atoms with Crippen molar-refractivity contribution in [2.24, 2.45) is 5.92 Å². The predicted molar refractivity (Wildman–Crippen MR) is 105 cm³/mol. The number of esters is 1. The number of nitrogens with one attached hydrogen (secondary N) is 1. The van der Waals surface area contributed by atoms with Crippen molar-refractivity contribution in [3.8, 4) is 0 Å². The van der Waals surface area contributed by atoms with Crippen LogP contribution < -0.4 is 5.32 Å². The lowest BCUT2D eigenvalue weighted by molar-refractivity contribution is -0.229. The van der Waals surface area contributed by atoms with Gasteiger partial charge in [0.1, 0.15) is 0 Å². The van der Waals surface area contributed by atoms with Gasteiger partial charge in [-0.2, -0.15) is 0 Å². The zero-order valence-electron chi connectivity index (χ0n) is 16.5. The third-order valence-electron chi connectivity index (χ3n) is 6.79. The molecule has 1 saturated heterocycles. The fourth-order valence-electron chi connectivity index (χ4n) is 5.72. The number of carbonyl (C=O) groups excluding carboxylic acids is 1. The molecular formula is C22H26N2O4. The number of rotatable bonds is 2. The molecule has 0 aliphatic carbocycles. The second kappa shape index (κ2) is 6.44. The molecule has 4 heterocycles. The molecule has 2 aromatic rings. The van der Waals surface area contributed by atoms with Crippen LogP contribution in [-0.2, 0) is 31.0 Å². The van der Waals surface area contributed by atoms with E-state index in [2.05, 4.69) is 34.2 Å². The molecule has 0 saturated carbocycles. The molecule has 3 aliphatic heterocycles. The van der Waals surface area contributed by atoms with Gasteiger partial charge in [-0.1, -0.05) is 24.3 Å². The lowest BCUT2D eigenvalue weighted by Gasteiger charge is -2.53. The Kier molecular flexibility index (Phi) is 4.12. The van der Waals surface area contributed by atoms with E-state index in [9.17, 15) is 4.79 Å². The summed E-state index contributed by atoms with van der Waals surface area (Å²) in [7, 11) is 3.06. The molecule has 148 valence electrons. The first kappa shape index (κ1) is 17.9. The van der Waals surface area contributed by atoms with Gasteiger partial charge in [0, 0.05) is 35.7 Å². The van der Waals surface area contributed by atoms with Crippen LogP contribution in [0.2, 0.25) is 0 Å². The van der Waals surface area contributed by atoms with Gasteiger partial charge in [0.2, 0.25) is 0 Å². The van der Waals surface area contributed by atoms with Crippen molar-refractivity contribution in [2.75, 3.05) is 27.4 Å². The Morgan fingerprint density at radius 2 is 2.18 bits per heavy atom. The van der Waals surface area contributed by atoms with Gasteiger partial charge < -0.3 is 24.1 Å². The Morgan fingerprint density at radius 3 is 2.93 bits per heavy atom. The Balaban J connectivity index is 1.92. The maximum atomic E-state index is 13.5. The third-order valence-corrected chi connectivity index (χ3v) is 6.79. The Bertz CT molecular complexity index is 978. The molecule has 6 nitrogen and oxygen atoms in total. The molecule has 0 amide bonds. The van der Waals surface area contributed by atoms with Gasteiger partial charge >= 0.3 is 5.97 Å². The van der Waals surface area contributed by atoms with E-state index in [0.717, 1.165) is 30.5 Å². The quantitative estimate of drug-likeness (QED) is 0.639.